The molecule has 0 saturated carbocycles. The van der Waals surface area contributed by atoms with Crippen molar-refractivity contribution < 1.29 is 14.0 Å². The molecule has 0 bridgehead atoms. The highest BCUT2D eigenvalue weighted by molar-refractivity contribution is 5.79. The first-order chi connectivity index (χ1) is 11.6. The van der Waals surface area contributed by atoms with E-state index >= 15 is 0 Å². The molecule has 1 saturated heterocycles. The maximum Gasteiger partial charge on any atom is 0.245 e. The number of carbonyl (C=O) groups excluding carboxylic acids is 2. The molecule has 7 nitrogen and oxygen atoms in total. The van der Waals surface area contributed by atoms with Gasteiger partial charge in [0.25, 0.3) is 0 Å². The van der Waals surface area contributed by atoms with Gasteiger partial charge in [0.2, 0.25) is 5.91 Å². The molecule has 24 heavy (non-hydrogen) atoms. The van der Waals surface area contributed by atoms with Crippen molar-refractivity contribution in [3.05, 3.63) is 35.8 Å². The van der Waals surface area contributed by atoms with Gasteiger partial charge in [-0.15, -0.1) is 5.10 Å². The van der Waals surface area contributed by atoms with E-state index in [0.717, 1.165) is 6.42 Å². The third-order valence-corrected chi connectivity index (χ3v) is 3.98. The highest BCUT2D eigenvalue weighted by atomic mass is 19.1. The van der Waals surface area contributed by atoms with Gasteiger partial charge in [-0.2, -0.15) is 5.26 Å². The second-order valence-electron chi connectivity index (χ2n) is 5.53. The van der Waals surface area contributed by atoms with Crippen molar-refractivity contribution >= 4 is 12.2 Å². The second kappa shape index (κ2) is 6.58. The number of carbonyl (C=O) groups is 2. The van der Waals surface area contributed by atoms with E-state index in [1.54, 1.807) is 11.1 Å². The van der Waals surface area contributed by atoms with Gasteiger partial charge >= 0.3 is 0 Å². The number of aromatic nitrogens is 3. The first-order valence-electron chi connectivity index (χ1n) is 7.46. The number of amides is 1. The van der Waals surface area contributed by atoms with Gasteiger partial charge in [-0.1, -0.05) is 5.21 Å². The molecule has 0 unspecified atom stereocenters. The molecule has 0 aliphatic carbocycles. The van der Waals surface area contributed by atoms with E-state index in [9.17, 15) is 14.0 Å². The maximum atomic E-state index is 13.4. The van der Waals surface area contributed by atoms with Crippen LogP contribution in [0.25, 0.3) is 11.3 Å². The van der Waals surface area contributed by atoms with Gasteiger partial charge in [-0.05, 0) is 31.0 Å². The average Bonchev–Trinajstić information content (AvgIpc) is 3.24. The SMILES string of the molecule is N#C[C@@H]1CCCN1C(=O)Cn1cc(-c2ccc(F)c(C=O)c2)nn1. The molecule has 0 N–H and O–H groups in total. The van der Waals surface area contributed by atoms with Gasteiger partial charge in [0, 0.05) is 12.1 Å². The molecule has 1 fully saturated rings. The van der Waals surface area contributed by atoms with E-state index in [1.165, 1.54) is 22.9 Å². The van der Waals surface area contributed by atoms with E-state index in [-0.39, 0.29) is 24.1 Å². The summed E-state index contributed by atoms with van der Waals surface area (Å²) in [5.74, 6) is -0.795. The first kappa shape index (κ1) is 15.8. The summed E-state index contributed by atoms with van der Waals surface area (Å²) in [6.45, 7) is 0.548. The van der Waals surface area contributed by atoms with Crippen LogP contribution in [-0.4, -0.2) is 44.7 Å². The Bertz CT molecular complexity index is 826. The number of hydrogen-bond donors (Lipinski definition) is 0. The molecule has 2 aromatic rings. The predicted molar refractivity (Wildman–Crippen MR) is 81.2 cm³/mol. The molecular weight excluding hydrogens is 313 g/mol. The molecule has 1 aliphatic rings. The third kappa shape index (κ3) is 3.01. The summed E-state index contributed by atoms with van der Waals surface area (Å²) in [6.07, 6.45) is 3.49. The Morgan fingerprint density at radius 2 is 2.33 bits per heavy atom. The average molecular weight is 327 g/mol. The van der Waals surface area contributed by atoms with Crippen molar-refractivity contribution in [3.63, 3.8) is 0 Å². The van der Waals surface area contributed by atoms with E-state index in [4.69, 9.17) is 5.26 Å². The van der Waals surface area contributed by atoms with E-state index in [2.05, 4.69) is 16.4 Å². The second-order valence-corrected chi connectivity index (χ2v) is 5.53. The Hall–Kier alpha value is -3.08. The number of aldehydes is 1. The Morgan fingerprint density at radius 3 is 3.08 bits per heavy atom. The molecular formula is C16H14FN5O2. The van der Waals surface area contributed by atoms with E-state index < -0.39 is 5.82 Å². The molecule has 0 radical (unpaired) electrons. The number of benzene rings is 1. The Kier molecular flexibility index (Phi) is 4.33. The van der Waals surface area contributed by atoms with Crippen LogP contribution in [0.1, 0.15) is 23.2 Å². The smallest absolute Gasteiger partial charge is 0.245 e. The molecule has 1 amide bonds. The molecule has 1 aliphatic heterocycles. The van der Waals surface area contributed by atoms with Gasteiger partial charge in [0.05, 0.1) is 17.8 Å². The van der Waals surface area contributed by atoms with Crippen LogP contribution in [0.4, 0.5) is 4.39 Å². The van der Waals surface area contributed by atoms with Crippen LogP contribution in [0.3, 0.4) is 0 Å². The van der Waals surface area contributed by atoms with Crippen LogP contribution < -0.4 is 0 Å². The number of nitriles is 1. The normalized spacial score (nSPS) is 16.8. The molecule has 1 aromatic carbocycles. The number of rotatable bonds is 4. The van der Waals surface area contributed by atoms with Crippen LogP contribution in [0.15, 0.2) is 24.4 Å². The summed E-state index contributed by atoms with van der Waals surface area (Å²) in [7, 11) is 0. The fraction of sp³-hybridized carbons (Fsp3) is 0.312. The highest BCUT2D eigenvalue weighted by Gasteiger charge is 2.28. The lowest BCUT2D eigenvalue weighted by atomic mass is 10.1. The summed E-state index contributed by atoms with van der Waals surface area (Å²) < 4.78 is 14.7. The molecule has 1 atom stereocenters. The number of halogens is 1. The summed E-state index contributed by atoms with van der Waals surface area (Å²) in [6, 6.07) is 5.80. The highest BCUT2D eigenvalue weighted by Crippen LogP contribution is 2.20. The lowest BCUT2D eigenvalue weighted by Gasteiger charge is -2.18. The van der Waals surface area contributed by atoms with Crippen molar-refractivity contribution in [2.45, 2.75) is 25.4 Å². The standard InChI is InChI=1S/C16H14FN5O2/c17-14-4-3-11(6-12(14)10-23)15-8-21(20-19-15)9-16(24)22-5-1-2-13(22)7-18/h3-4,6,8,10,13H,1-2,5,9H2/t13-/m0/s1. The minimum absolute atomic E-state index is 0.0209. The molecule has 0 spiro atoms. The van der Waals surface area contributed by atoms with E-state index in [1.807, 2.05) is 0 Å². The zero-order valence-electron chi connectivity index (χ0n) is 12.7. The maximum absolute atomic E-state index is 13.4. The third-order valence-electron chi connectivity index (χ3n) is 3.98. The molecule has 8 heteroatoms. The minimum Gasteiger partial charge on any atom is -0.325 e. The largest absolute Gasteiger partial charge is 0.325 e. The number of hydrogen-bond acceptors (Lipinski definition) is 5. The summed E-state index contributed by atoms with van der Waals surface area (Å²) in [5, 5.41) is 16.9. The van der Waals surface area contributed by atoms with Crippen molar-refractivity contribution in [2.24, 2.45) is 0 Å². The number of nitrogens with zero attached hydrogens (tertiary/aromatic N) is 5. The van der Waals surface area contributed by atoms with Crippen molar-refractivity contribution in [1.29, 1.82) is 5.26 Å². The van der Waals surface area contributed by atoms with Crippen molar-refractivity contribution in [2.75, 3.05) is 6.54 Å². The monoisotopic (exact) mass is 327 g/mol. The van der Waals surface area contributed by atoms with Crippen molar-refractivity contribution in [1.82, 2.24) is 19.9 Å². The Morgan fingerprint density at radius 1 is 1.50 bits per heavy atom. The van der Waals surface area contributed by atoms with Gasteiger partial charge in [0.1, 0.15) is 24.1 Å². The Balaban J connectivity index is 1.75. The summed E-state index contributed by atoms with van der Waals surface area (Å²) >= 11 is 0. The molecule has 122 valence electrons. The first-order valence-corrected chi connectivity index (χ1v) is 7.46. The van der Waals surface area contributed by atoms with Crippen LogP contribution in [0.2, 0.25) is 0 Å². The fourth-order valence-corrected chi connectivity index (χ4v) is 2.73. The molecule has 1 aromatic heterocycles. The minimum atomic E-state index is -0.604. The van der Waals surface area contributed by atoms with Gasteiger partial charge in [-0.25, -0.2) is 9.07 Å². The topological polar surface area (TPSA) is 91.9 Å². The van der Waals surface area contributed by atoms with Crippen LogP contribution >= 0.6 is 0 Å². The zero-order chi connectivity index (χ0) is 17.1. The fourth-order valence-electron chi connectivity index (χ4n) is 2.73. The van der Waals surface area contributed by atoms with Crippen LogP contribution in [-0.2, 0) is 11.3 Å². The van der Waals surface area contributed by atoms with Crippen molar-refractivity contribution in [3.8, 4) is 17.3 Å². The van der Waals surface area contributed by atoms with Gasteiger partial charge in [0.15, 0.2) is 6.29 Å². The predicted octanol–water partition coefficient (Wildman–Crippen LogP) is 1.41. The van der Waals surface area contributed by atoms with E-state index in [0.29, 0.717) is 30.5 Å². The Labute approximate surface area is 137 Å². The number of likely N-dealkylation sites (tertiary alicyclic amines) is 1. The van der Waals surface area contributed by atoms with Gasteiger partial charge in [-0.3, -0.25) is 9.59 Å². The van der Waals surface area contributed by atoms with Crippen LogP contribution in [0, 0.1) is 17.1 Å². The molecule has 2 heterocycles. The lowest BCUT2D eigenvalue weighted by molar-refractivity contribution is -0.132. The van der Waals surface area contributed by atoms with Gasteiger partial charge < -0.3 is 4.90 Å². The van der Waals surface area contributed by atoms with Crippen LogP contribution in [0.5, 0.6) is 0 Å². The quantitative estimate of drug-likeness (QED) is 0.792. The lowest BCUT2D eigenvalue weighted by Crippen LogP contribution is -2.37. The molecule has 3 rings (SSSR count). The zero-order valence-corrected chi connectivity index (χ0v) is 12.7. The summed E-state index contributed by atoms with van der Waals surface area (Å²) in [5.41, 5.74) is 0.907. The summed E-state index contributed by atoms with van der Waals surface area (Å²) in [4.78, 5) is 24.6.